The minimum atomic E-state index is -4.64. The Balaban J connectivity index is 1.52. The van der Waals surface area contributed by atoms with E-state index >= 15 is 0 Å². The first-order valence-electron chi connectivity index (χ1n) is 12.5. The van der Waals surface area contributed by atoms with Crippen LogP contribution in [0.3, 0.4) is 0 Å². The molecule has 1 unspecified atom stereocenters. The van der Waals surface area contributed by atoms with E-state index in [1.165, 1.54) is 13.2 Å². The molecule has 11 heteroatoms. The number of piperazine rings is 1. The number of alkyl halides is 3. The van der Waals surface area contributed by atoms with Crippen molar-refractivity contribution in [2.45, 2.75) is 11.8 Å². The molecule has 5 rings (SSSR count). The molecule has 2 aromatic carbocycles. The van der Waals surface area contributed by atoms with Gasteiger partial charge in [-0.3, -0.25) is 0 Å². The third-order valence-electron chi connectivity index (χ3n) is 6.93. The lowest BCUT2D eigenvalue weighted by Crippen LogP contribution is -2.50. The summed E-state index contributed by atoms with van der Waals surface area (Å²) in [5.74, 6) is 0.854. The van der Waals surface area contributed by atoms with Crippen molar-refractivity contribution in [2.75, 3.05) is 50.6 Å². The molecule has 1 aromatic heterocycles. The standard InChI is InChI=1S/C28H30F3N7O/c1-37-12-14-38(15-13-37)19-8-9-21(25(16-19)39-2)27(32)17-24(22(18-35-27)28(29,30)31)36-23-7-4-3-6-20(23)26-33-10-5-11-34-26/h3-11,16-18,35-36H,12-15,32H2,1-2H3. The predicted octanol–water partition coefficient (Wildman–Crippen LogP) is 4.06. The van der Waals surface area contributed by atoms with Gasteiger partial charge in [0, 0.05) is 73.3 Å². The second kappa shape index (κ2) is 10.6. The van der Waals surface area contributed by atoms with Gasteiger partial charge in [-0.2, -0.15) is 13.2 Å². The molecule has 204 valence electrons. The van der Waals surface area contributed by atoms with E-state index < -0.39 is 17.4 Å². The quantitative estimate of drug-likeness (QED) is 0.434. The molecule has 3 aromatic rings. The van der Waals surface area contributed by atoms with E-state index in [4.69, 9.17) is 10.5 Å². The van der Waals surface area contributed by atoms with Gasteiger partial charge in [-0.1, -0.05) is 12.1 Å². The normalized spacial score (nSPS) is 20.1. The van der Waals surface area contributed by atoms with Crippen LogP contribution in [0.5, 0.6) is 5.75 Å². The Labute approximate surface area is 225 Å². The van der Waals surface area contributed by atoms with Crippen LogP contribution in [0.15, 0.2) is 84.5 Å². The lowest BCUT2D eigenvalue weighted by Gasteiger charge is -2.36. The van der Waals surface area contributed by atoms with Gasteiger partial charge in [-0.05, 0) is 43.5 Å². The molecule has 8 nitrogen and oxygen atoms in total. The number of hydrogen-bond acceptors (Lipinski definition) is 8. The number of dihydropyridines is 1. The van der Waals surface area contributed by atoms with Crippen LogP contribution in [0.4, 0.5) is 24.5 Å². The topological polar surface area (TPSA) is 91.6 Å². The molecule has 3 heterocycles. The average molecular weight is 538 g/mol. The molecule has 1 fully saturated rings. The fourth-order valence-electron chi connectivity index (χ4n) is 4.76. The van der Waals surface area contributed by atoms with Crippen LogP contribution in [0.25, 0.3) is 11.4 Å². The Hall–Kier alpha value is -4.09. The highest BCUT2D eigenvalue weighted by Gasteiger charge is 2.42. The Morgan fingerprint density at radius 2 is 1.74 bits per heavy atom. The Morgan fingerprint density at radius 3 is 2.44 bits per heavy atom. The largest absolute Gasteiger partial charge is 0.496 e. The van der Waals surface area contributed by atoms with Crippen LogP contribution in [0.2, 0.25) is 0 Å². The molecule has 1 atom stereocenters. The summed E-state index contributed by atoms with van der Waals surface area (Å²) in [6, 6.07) is 14.2. The summed E-state index contributed by atoms with van der Waals surface area (Å²) in [5, 5.41) is 5.72. The molecule has 0 bridgehead atoms. The van der Waals surface area contributed by atoms with E-state index in [0.29, 0.717) is 28.4 Å². The van der Waals surface area contributed by atoms with Crippen LogP contribution in [-0.4, -0.2) is 61.4 Å². The Kier molecular flexibility index (Phi) is 7.19. The zero-order valence-electron chi connectivity index (χ0n) is 21.7. The average Bonchev–Trinajstić information content (AvgIpc) is 2.93. The third kappa shape index (κ3) is 5.55. The molecule has 2 aliphatic rings. The summed E-state index contributed by atoms with van der Waals surface area (Å²) in [7, 11) is 3.61. The fourth-order valence-corrected chi connectivity index (χ4v) is 4.76. The van der Waals surface area contributed by atoms with Crippen molar-refractivity contribution in [3.05, 3.63) is 90.0 Å². The second-order valence-electron chi connectivity index (χ2n) is 9.55. The number of ether oxygens (including phenoxy) is 1. The summed E-state index contributed by atoms with van der Waals surface area (Å²) < 4.78 is 48.0. The number of halogens is 3. The smallest absolute Gasteiger partial charge is 0.419 e. The van der Waals surface area contributed by atoms with E-state index in [2.05, 4.69) is 37.4 Å². The van der Waals surface area contributed by atoms with Gasteiger partial charge in [0.2, 0.25) is 0 Å². The van der Waals surface area contributed by atoms with Gasteiger partial charge in [0.05, 0.1) is 18.4 Å². The van der Waals surface area contributed by atoms with Crippen molar-refractivity contribution in [3.63, 3.8) is 0 Å². The van der Waals surface area contributed by atoms with Crippen LogP contribution in [0.1, 0.15) is 5.56 Å². The van der Waals surface area contributed by atoms with Gasteiger partial charge >= 0.3 is 6.18 Å². The van der Waals surface area contributed by atoms with Crippen molar-refractivity contribution in [1.82, 2.24) is 20.2 Å². The number of anilines is 2. The van der Waals surface area contributed by atoms with Crippen molar-refractivity contribution >= 4 is 11.4 Å². The molecule has 0 spiro atoms. The third-order valence-corrected chi connectivity index (χ3v) is 6.93. The highest BCUT2D eigenvalue weighted by atomic mass is 19.4. The highest BCUT2D eigenvalue weighted by molar-refractivity contribution is 5.76. The first-order chi connectivity index (χ1) is 18.7. The van der Waals surface area contributed by atoms with Gasteiger partial charge in [0.15, 0.2) is 5.82 Å². The molecule has 2 aliphatic heterocycles. The second-order valence-corrected chi connectivity index (χ2v) is 9.55. The van der Waals surface area contributed by atoms with Gasteiger partial charge in [0.1, 0.15) is 11.4 Å². The van der Waals surface area contributed by atoms with Crippen LogP contribution in [-0.2, 0) is 5.66 Å². The van der Waals surface area contributed by atoms with E-state index in [1.807, 2.05) is 12.1 Å². The number of hydrogen-bond donors (Lipinski definition) is 3. The monoisotopic (exact) mass is 537 g/mol. The van der Waals surface area contributed by atoms with Crippen LogP contribution >= 0.6 is 0 Å². The number of aromatic nitrogens is 2. The predicted molar refractivity (Wildman–Crippen MR) is 145 cm³/mol. The van der Waals surface area contributed by atoms with E-state index in [1.54, 1.807) is 48.8 Å². The number of nitrogens with zero attached hydrogens (tertiary/aromatic N) is 4. The molecule has 1 saturated heterocycles. The first-order valence-corrected chi connectivity index (χ1v) is 12.5. The molecule has 0 radical (unpaired) electrons. The van der Waals surface area contributed by atoms with E-state index in [-0.39, 0.29) is 5.70 Å². The number of nitrogens with two attached hydrogens (primary N) is 1. The number of benzene rings is 2. The van der Waals surface area contributed by atoms with E-state index in [9.17, 15) is 13.2 Å². The lowest BCUT2D eigenvalue weighted by molar-refractivity contribution is -0.0900. The summed E-state index contributed by atoms with van der Waals surface area (Å²) in [6.07, 6.45) is 0.754. The summed E-state index contributed by atoms with van der Waals surface area (Å²) in [6.45, 7) is 3.60. The van der Waals surface area contributed by atoms with Crippen molar-refractivity contribution in [1.29, 1.82) is 0 Å². The Morgan fingerprint density at radius 1 is 1.03 bits per heavy atom. The van der Waals surface area contributed by atoms with Gasteiger partial charge in [0.25, 0.3) is 0 Å². The van der Waals surface area contributed by atoms with E-state index in [0.717, 1.165) is 38.1 Å². The molecule has 4 N–H and O–H groups in total. The summed E-state index contributed by atoms with van der Waals surface area (Å²) in [5.41, 5.74) is 6.59. The maximum absolute atomic E-state index is 14.1. The molecule has 0 saturated carbocycles. The molecular weight excluding hydrogens is 507 g/mol. The van der Waals surface area contributed by atoms with Gasteiger partial charge < -0.3 is 30.9 Å². The maximum Gasteiger partial charge on any atom is 0.419 e. The molecular formula is C28H30F3N7O. The number of methoxy groups -OCH3 is 1. The van der Waals surface area contributed by atoms with Crippen molar-refractivity contribution < 1.29 is 17.9 Å². The number of likely N-dealkylation sites (N-methyl/N-ethyl adjacent to an activating group) is 1. The fraction of sp³-hybridized carbons (Fsp3) is 0.286. The number of rotatable bonds is 6. The first kappa shape index (κ1) is 26.5. The van der Waals surface area contributed by atoms with Crippen molar-refractivity contribution in [2.24, 2.45) is 5.73 Å². The maximum atomic E-state index is 14.1. The van der Waals surface area contributed by atoms with Gasteiger partial charge in [-0.25, -0.2) is 9.97 Å². The zero-order valence-corrected chi connectivity index (χ0v) is 21.7. The van der Waals surface area contributed by atoms with Crippen molar-refractivity contribution in [3.8, 4) is 17.1 Å². The minimum Gasteiger partial charge on any atom is -0.496 e. The molecule has 0 aliphatic carbocycles. The van der Waals surface area contributed by atoms with Gasteiger partial charge in [-0.15, -0.1) is 0 Å². The summed E-state index contributed by atoms with van der Waals surface area (Å²) in [4.78, 5) is 13.0. The highest BCUT2D eigenvalue weighted by Crippen LogP contribution is 2.40. The number of para-hydroxylation sites is 1. The Bertz CT molecular complexity index is 1390. The lowest BCUT2D eigenvalue weighted by atomic mass is 9.93. The SMILES string of the molecule is COc1cc(N2CCN(C)CC2)ccc1C1(N)C=C(Nc2ccccc2-c2ncccn2)C(C(F)(F)F)=CN1. The number of allylic oxidation sites excluding steroid dienone is 1. The zero-order chi connectivity index (χ0) is 27.6. The molecule has 0 amide bonds. The van der Waals surface area contributed by atoms with Crippen LogP contribution < -0.4 is 26.0 Å². The minimum absolute atomic E-state index is 0.197. The molecule has 39 heavy (non-hydrogen) atoms. The van der Waals surface area contributed by atoms with Crippen LogP contribution in [0, 0.1) is 0 Å². The number of nitrogens with one attached hydrogen (secondary N) is 2. The summed E-state index contributed by atoms with van der Waals surface area (Å²) >= 11 is 0.